The fraction of sp³-hybridized carbons (Fsp3) is 0.250. The van der Waals surface area contributed by atoms with Crippen LogP contribution in [0.4, 0.5) is 0 Å². The Hall–Kier alpha value is -1.18. The molecule has 0 atom stereocenters. The maximum atomic E-state index is 8.98. The van der Waals surface area contributed by atoms with Crippen LogP contribution in [0.1, 0.15) is 13.8 Å². The van der Waals surface area contributed by atoms with E-state index in [2.05, 4.69) is 6.58 Å². The molecule has 0 radical (unpaired) electrons. The molecule has 0 aromatic rings. The molecule has 56 valence electrons. The number of hydrogen-bond donors (Lipinski definition) is 2. The molecular formula is C8H12O2. The van der Waals surface area contributed by atoms with Crippen molar-refractivity contribution in [2.75, 3.05) is 0 Å². The first-order chi connectivity index (χ1) is 4.57. The van der Waals surface area contributed by atoms with Gasteiger partial charge in [-0.1, -0.05) is 6.58 Å². The Morgan fingerprint density at radius 2 is 1.80 bits per heavy atom. The predicted octanol–water partition coefficient (Wildman–Crippen LogP) is 2.47. The summed E-state index contributed by atoms with van der Waals surface area (Å²) in [5.41, 5.74) is 0.606. The van der Waals surface area contributed by atoms with Crippen molar-refractivity contribution in [3.63, 3.8) is 0 Å². The Bertz CT molecular complexity index is 183. The van der Waals surface area contributed by atoms with E-state index in [4.69, 9.17) is 10.2 Å². The predicted molar refractivity (Wildman–Crippen MR) is 41.9 cm³/mol. The third kappa shape index (κ3) is 2.97. The van der Waals surface area contributed by atoms with E-state index in [1.165, 1.54) is 12.2 Å². The topological polar surface area (TPSA) is 40.5 Å². The van der Waals surface area contributed by atoms with Gasteiger partial charge in [0.2, 0.25) is 0 Å². The lowest BCUT2D eigenvalue weighted by molar-refractivity contribution is 0.409. The van der Waals surface area contributed by atoms with E-state index in [1.807, 2.05) is 0 Å². The third-order valence-corrected chi connectivity index (χ3v) is 1.02. The normalized spacial score (nSPS) is 14.4. The quantitative estimate of drug-likeness (QED) is 0.457. The number of aliphatic hydroxyl groups is 2. The van der Waals surface area contributed by atoms with Crippen molar-refractivity contribution in [2.45, 2.75) is 13.8 Å². The second-order valence-corrected chi connectivity index (χ2v) is 2.06. The SMILES string of the molecule is C=C/C(O)=C(C)\C=C(/C)O. The molecule has 0 aromatic heterocycles. The van der Waals surface area contributed by atoms with Crippen molar-refractivity contribution in [3.8, 4) is 0 Å². The van der Waals surface area contributed by atoms with Gasteiger partial charge in [-0.25, -0.2) is 0 Å². The zero-order valence-electron chi connectivity index (χ0n) is 6.26. The zero-order valence-corrected chi connectivity index (χ0v) is 6.26. The number of hydrogen-bond acceptors (Lipinski definition) is 2. The fourth-order valence-electron chi connectivity index (χ4n) is 0.548. The van der Waals surface area contributed by atoms with E-state index in [-0.39, 0.29) is 11.5 Å². The molecule has 0 amide bonds. The van der Waals surface area contributed by atoms with Crippen molar-refractivity contribution in [1.29, 1.82) is 0 Å². The molecule has 0 saturated carbocycles. The highest BCUT2D eigenvalue weighted by Gasteiger charge is 1.91. The van der Waals surface area contributed by atoms with Gasteiger partial charge in [-0.05, 0) is 31.6 Å². The van der Waals surface area contributed by atoms with Gasteiger partial charge >= 0.3 is 0 Å². The highest BCUT2D eigenvalue weighted by atomic mass is 16.3. The Labute approximate surface area is 60.8 Å². The summed E-state index contributed by atoms with van der Waals surface area (Å²) >= 11 is 0. The van der Waals surface area contributed by atoms with E-state index in [0.717, 1.165) is 0 Å². The summed E-state index contributed by atoms with van der Waals surface area (Å²) in [5.74, 6) is 0.263. The number of allylic oxidation sites excluding steroid dienone is 4. The van der Waals surface area contributed by atoms with Crippen molar-refractivity contribution < 1.29 is 10.2 Å². The van der Waals surface area contributed by atoms with Crippen molar-refractivity contribution in [1.82, 2.24) is 0 Å². The van der Waals surface area contributed by atoms with Crippen molar-refractivity contribution in [2.24, 2.45) is 0 Å². The van der Waals surface area contributed by atoms with Crippen LogP contribution in [0.25, 0.3) is 0 Å². The van der Waals surface area contributed by atoms with Crippen molar-refractivity contribution in [3.05, 3.63) is 35.8 Å². The second kappa shape index (κ2) is 3.77. The Balaban J connectivity index is 4.48. The molecule has 2 heteroatoms. The van der Waals surface area contributed by atoms with Crippen LogP contribution in [0.2, 0.25) is 0 Å². The molecule has 0 fully saturated rings. The van der Waals surface area contributed by atoms with Gasteiger partial charge in [0.15, 0.2) is 0 Å². The van der Waals surface area contributed by atoms with E-state index in [0.29, 0.717) is 5.57 Å². The van der Waals surface area contributed by atoms with Crippen LogP contribution < -0.4 is 0 Å². The van der Waals surface area contributed by atoms with E-state index >= 15 is 0 Å². The van der Waals surface area contributed by atoms with Crippen molar-refractivity contribution >= 4 is 0 Å². The summed E-state index contributed by atoms with van der Waals surface area (Å²) in [6, 6.07) is 0. The molecule has 0 heterocycles. The minimum absolute atomic E-state index is 0.0911. The number of rotatable bonds is 2. The Kier molecular flexibility index (Phi) is 3.33. The maximum Gasteiger partial charge on any atom is 0.118 e. The molecule has 0 bridgehead atoms. The standard InChI is InChI=1S/C8H12O2/c1-4-8(10)6(2)5-7(3)9/h4-5,9-10H,1H2,2-3H3/b7-5+,8-6+. The highest BCUT2D eigenvalue weighted by molar-refractivity contribution is 5.26. The van der Waals surface area contributed by atoms with Crippen LogP contribution in [-0.2, 0) is 0 Å². The van der Waals surface area contributed by atoms with Gasteiger partial charge in [0.25, 0.3) is 0 Å². The molecule has 0 aliphatic heterocycles. The van der Waals surface area contributed by atoms with Gasteiger partial charge in [0, 0.05) is 0 Å². The molecule has 2 nitrogen and oxygen atoms in total. The van der Waals surface area contributed by atoms with Crippen LogP contribution in [0.5, 0.6) is 0 Å². The largest absolute Gasteiger partial charge is 0.513 e. The highest BCUT2D eigenvalue weighted by Crippen LogP contribution is 2.04. The monoisotopic (exact) mass is 140 g/mol. The minimum atomic E-state index is 0.0911. The lowest BCUT2D eigenvalue weighted by atomic mass is 10.2. The van der Waals surface area contributed by atoms with Gasteiger partial charge < -0.3 is 10.2 Å². The first-order valence-electron chi connectivity index (χ1n) is 2.97. The molecule has 0 aromatic carbocycles. The third-order valence-electron chi connectivity index (χ3n) is 1.02. The van der Waals surface area contributed by atoms with E-state index < -0.39 is 0 Å². The molecule has 0 unspecified atom stereocenters. The molecule has 0 aliphatic carbocycles. The molecule has 2 N–H and O–H groups in total. The van der Waals surface area contributed by atoms with Gasteiger partial charge in [0.1, 0.15) is 5.76 Å². The minimum Gasteiger partial charge on any atom is -0.513 e. The van der Waals surface area contributed by atoms with Gasteiger partial charge in [0.05, 0.1) is 5.76 Å². The van der Waals surface area contributed by atoms with Crippen LogP contribution in [0.3, 0.4) is 0 Å². The smallest absolute Gasteiger partial charge is 0.118 e. The molecule has 0 rings (SSSR count). The van der Waals surface area contributed by atoms with Crippen LogP contribution in [0.15, 0.2) is 35.8 Å². The van der Waals surface area contributed by atoms with E-state index in [1.54, 1.807) is 13.8 Å². The summed E-state index contributed by atoms with van der Waals surface area (Å²) in [7, 11) is 0. The zero-order chi connectivity index (χ0) is 8.15. The second-order valence-electron chi connectivity index (χ2n) is 2.06. The molecule has 0 saturated heterocycles. The average molecular weight is 140 g/mol. The van der Waals surface area contributed by atoms with E-state index in [9.17, 15) is 0 Å². The summed E-state index contributed by atoms with van der Waals surface area (Å²) in [4.78, 5) is 0. The first-order valence-corrected chi connectivity index (χ1v) is 2.97. The summed E-state index contributed by atoms with van der Waals surface area (Å²) in [6.07, 6.45) is 2.80. The summed E-state index contributed by atoms with van der Waals surface area (Å²) in [6.45, 7) is 6.60. The van der Waals surface area contributed by atoms with Gasteiger partial charge in [-0.15, -0.1) is 0 Å². The lowest BCUT2D eigenvalue weighted by Crippen LogP contribution is -1.81. The molecule has 0 aliphatic rings. The fourth-order valence-corrected chi connectivity index (χ4v) is 0.548. The van der Waals surface area contributed by atoms with Gasteiger partial charge in [-0.3, -0.25) is 0 Å². The first kappa shape index (κ1) is 8.82. The van der Waals surface area contributed by atoms with Crippen LogP contribution in [-0.4, -0.2) is 10.2 Å². The molecular weight excluding hydrogens is 128 g/mol. The lowest BCUT2D eigenvalue weighted by Gasteiger charge is -1.94. The molecule has 10 heavy (non-hydrogen) atoms. The summed E-state index contributed by atoms with van der Waals surface area (Å²) < 4.78 is 0. The number of aliphatic hydroxyl groups excluding tert-OH is 2. The Morgan fingerprint density at radius 3 is 2.10 bits per heavy atom. The molecule has 0 spiro atoms. The van der Waals surface area contributed by atoms with Crippen LogP contribution >= 0.6 is 0 Å². The summed E-state index contributed by atoms with van der Waals surface area (Å²) in [5, 5.41) is 17.7. The van der Waals surface area contributed by atoms with Gasteiger partial charge in [-0.2, -0.15) is 0 Å². The Morgan fingerprint density at radius 1 is 1.30 bits per heavy atom. The van der Waals surface area contributed by atoms with Crippen LogP contribution in [0, 0.1) is 0 Å². The average Bonchev–Trinajstić information content (AvgIpc) is 1.85. The maximum absolute atomic E-state index is 8.98.